The molecule has 0 bridgehead atoms. The van der Waals surface area contributed by atoms with Gasteiger partial charge in [-0.05, 0) is 56.4 Å². The van der Waals surface area contributed by atoms with Gasteiger partial charge >= 0.3 is 0 Å². The van der Waals surface area contributed by atoms with Crippen molar-refractivity contribution in [2.45, 2.75) is 64.0 Å². The number of carbonyl (C=O) groups excluding carboxylic acids is 2. The highest BCUT2D eigenvalue weighted by molar-refractivity contribution is 9.10. The molecule has 2 aromatic rings. The highest BCUT2D eigenvalue weighted by Crippen LogP contribution is 2.37. The first-order valence-electron chi connectivity index (χ1n) is 11.1. The molecule has 1 aromatic heterocycles. The summed E-state index contributed by atoms with van der Waals surface area (Å²) in [6.07, 6.45) is 2.91. The molecule has 0 radical (unpaired) electrons. The average Bonchev–Trinajstić information content (AvgIpc) is 3.19. The van der Waals surface area contributed by atoms with Crippen LogP contribution in [0.5, 0.6) is 0 Å². The Bertz CT molecular complexity index is 966. The van der Waals surface area contributed by atoms with Gasteiger partial charge in [0, 0.05) is 22.6 Å². The van der Waals surface area contributed by atoms with Crippen molar-refractivity contribution in [1.29, 1.82) is 0 Å². The first kappa shape index (κ1) is 23.0. The van der Waals surface area contributed by atoms with Gasteiger partial charge in [-0.15, -0.1) is 0 Å². The number of carbonyl (C=O) groups is 2. The molecule has 1 N–H and O–H groups in total. The zero-order valence-electron chi connectivity index (χ0n) is 17.7. The lowest BCUT2D eigenvalue weighted by Crippen LogP contribution is -2.26. The molecule has 9 heteroatoms. The molecule has 1 amide bonds. The van der Waals surface area contributed by atoms with E-state index in [1.54, 1.807) is 24.3 Å². The molecule has 2 fully saturated rings. The fraction of sp³-hybridized carbons (Fsp3) is 0.522. The number of benzene rings is 1. The number of nitrogens with zero attached hydrogens (tertiary/aromatic N) is 2. The first-order valence-corrected chi connectivity index (χ1v) is 11.9. The summed E-state index contributed by atoms with van der Waals surface area (Å²) >= 11 is 3.33. The fourth-order valence-electron chi connectivity index (χ4n) is 4.40. The Labute approximate surface area is 193 Å². The van der Waals surface area contributed by atoms with Crippen molar-refractivity contribution in [2.24, 2.45) is 5.92 Å². The quantitative estimate of drug-likeness (QED) is 0.482. The summed E-state index contributed by atoms with van der Waals surface area (Å²) in [5, 5.41) is 6.95. The number of rotatable bonds is 6. The monoisotopic (exact) mass is 509 g/mol. The number of alkyl halides is 2. The molecule has 4 rings (SSSR count). The van der Waals surface area contributed by atoms with Crippen LogP contribution < -0.4 is 5.32 Å². The van der Waals surface area contributed by atoms with Gasteiger partial charge in [0.25, 0.3) is 6.43 Å². The van der Waals surface area contributed by atoms with Crippen LogP contribution in [0.4, 0.5) is 14.5 Å². The molecule has 0 spiro atoms. The first-order chi connectivity index (χ1) is 15.5. The lowest BCUT2D eigenvalue weighted by Gasteiger charge is -2.25. The summed E-state index contributed by atoms with van der Waals surface area (Å²) in [7, 11) is 0. The zero-order chi connectivity index (χ0) is 22.7. The third-order valence-corrected chi connectivity index (χ3v) is 6.66. The minimum absolute atomic E-state index is 0.180. The van der Waals surface area contributed by atoms with Crippen LogP contribution in [0.3, 0.4) is 0 Å². The lowest BCUT2D eigenvalue weighted by molar-refractivity contribution is -0.120. The second-order valence-corrected chi connectivity index (χ2v) is 9.25. The van der Waals surface area contributed by atoms with Crippen LogP contribution in [0.25, 0.3) is 0 Å². The predicted molar refractivity (Wildman–Crippen MR) is 119 cm³/mol. The number of hydrogen-bond acceptors (Lipinski definition) is 4. The van der Waals surface area contributed by atoms with Gasteiger partial charge in [0.05, 0.1) is 0 Å². The van der Waals surface area contributed by atoms with Crippen molar-refractivity contribution in [3.8, 4) is 0 Å². The molecule has 6 nitrogen and oxygen atoms in total. The smallest absolute Gasteiger partial charge is 0.282 e. The number of hydrogen-bond donors (Lipinski definition) is 1. The Morgan fingerprint density at radius 2 is 1.75 bits per heavy atom. The third kappa shape index (κ3) is 4.93. The second-order valence-electron chi connectivity index (χ2n) is 8.34. The van der Waals surface area contributed by atoms with Crippen LogP contribution in [-0.4, -0.2) is 28.1 Å². The normalized spacial score (nSPS) is 19.8. The Morgan fingerprint density at radius 1 is 1.06 bits per heavy atom. The van der Waals surface area contributed by atoms with E-state index in [0.29, 0.717) is 31.4 Å². The van der Waals surface area contributed by atoms with E-state index in [4.69, 9.17) is 4.74 Å². The molecule has 1 saturated heterocycles. The molecule has 1 aliphatic heterocycles. The summed E-state index contributed by atoms with van der Waals surface area (Å²) < 4.78 is 36.1. The van der Waals surface area contributed by atoms with Crippen molar-refractivity contribution < 1.29 is 23.1 Å². The molecule has 1 aromatic carbocycles. The van der Waals surface area contributed by atoms with E-state index in [-0.39, 0.29) is 23.2 Å². The van der Waals surface area contributed by atoms with E-state index in [0.717, 1.165) is 41.3 Å². The van der Waals surface area contributed by atoms with Crippen molar-refractivity contribution >= 4 is 33.3 Å². The van der Waals surface area contributed by atoms with Gasteiger partial charge in [0.2, 0.25) is 11.7 Å². The van der Waals surface area contributed by atoms with Gasteiger partial charge < -0.3 is 10.1 Å². The van der Waals surface area contributed by atoms with Gasteiger partial charge in [-0.2, -0.15) is 5.10 Å². The van der Waals surface area contributed by atoms with Gasteiger partial charge in [-0.1, -0.05) is 35.2 Å². The number of aromatic nitrogens is 2. The van der Waals surface area contributed by atoms with Crippen LogP contribution in [-0.2, 0) is 9.53 Å². The van der Waals surface area contributed by atoms with Crippen LogP contribution in [0.2, 0.25) is 0 Å². The fourth-order valence-corrected chi connectivity index (χ4v) is 4.67. The van der Waals surface area contributed by atoms with E-state index in [1.165, 1.54) is 0 Å². The molecule has 32 heavy (non-hydrogen) atoms. The number of ketones is 1. The van der Waals surface area contributed by atoms with E-state index < -0.39 is 24.1 Å². The number of amides is 1. The Morgan fingerprint density at radius 3 is 2.38 bits per heavy atom. The molecule has 2 heterocycles. The highest BCUT2D eigenvalue weighted by atomic mass is 79.9. The molecule has 1 atom stereocenters. The predicted octanol–water partition coefficient (Wildman–Crippen LogP) is 6.03. The maximum absolute atomic E-state index is 14.3. The number of anilines is 1. The molecule has 1 unspecified atom stereocenters. The molecule has 1 saturated carbocycles. The van der Waals surface area contributed by atoms with E-state index in [2.05, 4.69) is 26.3 Å². The van der Waals surface area contributed by atoms with Gasteiger partial charge in [0.15, 0.2) is 11.9 Å². The van der Waals surface area contributed by atoms with Crippen molar-refractivity contribution in [3.05, 3.63) is 45.7 Å². The molecule has 2 aliphatic rings. The molecular weight excluding hydrogens is 484 g/mol. The topological polar surface area (TPSA) is 73.2 Å². The second kappa shape index (κ2) is 10.2. The summed E-state index contributed by atoms with van der Waals surface area (Å²) in [5.74, 6) is -1.10. The third-order valence-electron chi connectivity index (χ3n) is 6.13. The van der Waals surface area contributed by atoms with Crippen molar-refractivity contribution in [1.82, 2.24) is 9.78 Å². The minimum atomic E-state index is -2.93. The van der Waals surface area contributed by atoms with Gasteiger partial charge in [-0.25, -0.2) is 13.5 Å². The Balaban J connectivity index is 1.76. The summed E-state index contributed by atoms with van der Waals surface area (Å²) in [5.41, 5.74) is -0.545. The van der Waals surface area contributed by atoms with Gasteiger partial charge in [0.1, 0.15) is 11.4 Å². The Hall–Kier alpha value is -2.13. The minimum Gasteiger partial charge on any atom is -0.356 e. The van der Waals surface area contributed by atoms with E-state index in [9.17, 15) is 18.4 Å². The highest BCUT2D eigenvalue weighted by Gasteiger charge is 2.34. The number of ether oxygens (including phenoxy) is 1. The van der Waals surface area contributed by atoms with E-state index in [1.807, 2.05) is 0 Å². The summed E-state index contributed by atoms with van der Waals surface area (Å²) in [4.78, 5) is 26.2. The lowest BCUT2D eigenvalue weighted by atomic mass is 9.88. The van der Waals surface area contributed by atoms with Crippen LogP contribution in [0.15, 0.2) is 28.7 Å². The number of halogens is 3. The number of nitrogens with one attached hydrogen (secondary N) is 1. The van der Waals surface area contributed by atoms with Crippen molar-refractivity contribution in [3.63, 3.8) is 0 Å². The van der Waals surface area contributed by atoms with Crippen LogP contribution >= 0.6 is 15.9 Å². The van der Waals surface area contributed by atoms with E-state index >= 15 is 0 Å². The van der Waals surface area contributed by atoms with Crippen LogP contribution in [0, 0.1) is 5.92 Å². The Kier molecular flexibility index (Phi) is 7.35. The summed E-state index contributed by atoms with van der Waals surface area (Å²) in [6.45, 7) is 0.437. The van der Waals surface area contributed by atoms with Crippen molar-refractivity contribution in [2.75, 3.05) is 11.9 Å². The maximum Gasteiger partial charge on any atom is 0.282 e. The van der Waals surface area contributed by atoms with Crippen LogP contribution in [0.1, 0.15) is 85.8 Å². The zero-order valence-corrected chi connectivity index (χ0v) is 19.2. The standard InChI is InChI=1S/C23H26BrF2N3O3/c24-16-11-9-14(10-12-16)21(30)19-18(27-23(31)15-6-2-1-3-7-15)20(22(25)26)29(28-19)17-8-4-5-13-32-17/h9-12,15,17,22H,1-8,13H2,(H,27,31). The summed E-state index contributed by atoms with van der Waals surface area (Å²) in [6, 6.07) is 6.58. The average molecular weight is 510 g/mol. The van der Waals surface area contributed by atoms with Gasteiger partial charge in [-0.3, -0.25) is 9.59 Å². The SMILES string of the molecule is O=C(c1ccc(Br)cc1)c1nn(C2CCCCO2)c(C(F)F)c1NC(=O)C1CCCCC1. The maximum atomic E-state index is 14.3. The molecule has 172 valence electrons. The molecular formula is C23H26BrF2N3O3. The molecule has 1 aliphatic carbocycles. The largest absolute Gasteiger partial charge is 0.356 e.